The van der Waals surface area contributed by atoms with E-state index in [4.69, 9.17) is 0 Å². The van der Waals surface area contributed by atoms with Gasteiger partial charge in [-0.2, -0.15) is 0 Å². The van der Waals surface area contributed by atoms with Gasteiger partial charge in [0.2, 0.25) is 0 Å². The maximum atomic E-state index is 3.42. The van der Waals surface area contributed by atoms with Gasteiger partial charge in [0.05, 0.1) is 0 Å². The van der Waals surface area contributed by atoms with Gasteiger partial charge < -0.3 is 12.4 Å². The molecule has 1 aromatic rings. The largest absolute Gasteiger partial charge is 1.00 e. The Hall–Kier alpha value is -0.140. The average Bonchev–Trinajstić information content (AvgIpc) is 1.90. The lowest BCUT2D eigenvalue weighted by molar-refractivity contribution is -0.00000181. The fourth-order valence-electron chi connectivity index (χ4n) is 0.740. The monoisotopic (exact) mass is 174 g/mol. The van der Waals surface area contributed by atoms with Crippen LogP contribution in [0.2, 0.25) is 0 Å². The minimum Gasteiger partial charge on any atom is -1.00 e. The van der Waals surface area contributed by atoms with Gasteiger partial charge in [-0.05, 0) is 36.7 Å². The van der Waals surface area contributed by atoms with Crippen molar-refractivity contribution in [3.63, 3.8) is 0 Å². The number of rotatable bonds is 1. The van der Waals surface area contributed by atoms with E-state index in [1.807, 2.05) is 0 Å². The summed E-state index contributed by atoms with van der Waals surface area (Å²) in [6.07, 6.45) is 1.12. The summed E-state index contributed by atoms with van der Waals surface area (Å²) >= 11 is 3.42. The summed E-state index contributed by atoms with van der Waals surface area (Å²) in [6.45, 7) is 2.16. The Bertz CT molecular complexity index is 181. The Labute approximate surface area is 73.5 Å². The first-order valence-electron chi connectivity index (χ1n) is 3.13. The molecule has 0 saturated carbocycles. The average molecular weight is 175 g/mol. The lowest BCUT2D eigenvalue weighted by Gasteiger charge is -1.90. The first kappa shape index (κ1) is 9.86. The Morgan fingerprint density at radius 2 is 1.70 bits per heavy atom. The van der Waals surface area contributed by atoms with Crippen molar-refractivity contribution in [2.75, 3.05) is 0 Å². The van der Waals surface area contributed by atoms with Gasteiger partial charge in [-0.15, -0.1) is 0 Å². The van der Waals surface area contributed by atoms with Gasteiger partial charge in [0.1, 0.15) is 4.90 Å². The predicted molar refractivity (Wildman–Crippen MR) is 44.2 cm³/mol. The second kappa shape index (κ2) is 4.64. The van der Waals surface area contributed by atoms with Crippen LogP contribution in [0.1, 0.15) is 12.5 Å². The molecule has 0 fully saturated rings. The van der Waals surface area contributed by atoms with Gasteiger partial charge in [0, 0.05) is 0 Å². The molecule has 0 heterocycles. The van der Waals surface area contributed by atoms with E-state index in [0.717, 1.165) is 11.3 Å². The summed E-state index contributed by atoms with van der Waals surface area (Å²) in [6, 6.07) is 8.39. The highest BCUT2D eigenvalue weighted by atomic mass is 35.5. The van der Waals surface area contributed by atoms with Gasteiger partial charge in [0.15, 0.2) is 0 Å². The molecule has 0 atom stereocenters. The summed E-state index contributed by atoms with van der Waals surface area (Å²) < 4.78 is 0. The van der Waals surface area contributed by atoms with E-state index in [2.05, 4.69) is 43.8 Å². The topological polar surface area (TPSA) is 0 Å². The van der Waals surface area contributed by atoms with Crippen molar-refractivity contribution in [3.8, 4) is 0 Å². The molecule has 0 aliphatic carbocycles. The summed E-state index contributed by atoms with van der Waals surface area (Å²) in [5.41, 5.74) is 1.39. The molecule has 56 valence electrons. The number of benzene rings is 1. The van der Waals surface area contributed by atoms with E-state index in [1.165, 1.54) is 5.56 Å². The van der Waals surface area contributed by atoms with Crippen LogP contribution in [0, 0.1) is 0 Å². The standard InChI is InChI=1S/C8H10S.ClH/c1-2-7-3-5-8(9)6-4-7;/h3-6,9H,2H2,1H3;1H. The molecular formula is C8H11ClS. The first-order valence-corrected chi connectivity index (χ1v) is 3.63. The molecule has 10 heavy (non-hydrogen) atoms. The molecule has 0 unspecified atom stereocenters. The molecule has 0 radical (unpaired) electrons. The van der Waals surface area contributed by atoms with Crippen molar-refractivity contribution >= 4 is 12.6 Å². The van der Waals surface area contributed by atoms with Crippen LogP contribution < -0.4 is 12.4 Å². The van der Waals surface area contributed by atoms with E-state index in [9.17, 15) is 0 Å². The van der Waals surface area contributed by atoms with E-state index < -0.39 is 0 Å². The molecule has 0 spiro atoms. The molecule has 1 aromatic carbocycles. The molecule has 0 N–H and O–H groups in total. The van der Waals surface area contributed by atoms with Gasteiger partial charge in [-0.25, -0.2) is 0 Å². The maximum Gasteiger partial charge on any atom is 0.150 e. The van der Waals surface area contributed by atoms with Crippen molar-refractivity contribution in [1.29, 1.82) is 0 Å². The predicted octanol–water partition coefficient (Wildman–Crippen LogP) is -1.38. The second-order valence-corrected chi connectivity index (χ2v) is 2.63. The SMILES string of the molecule is CCc1ccc([SH2+])cc1.[Cl-]. The third-order valence-electron chi connectivity index (χ3n) is 1.36. The number of aryl methyl sites for hydroxylation is 1. The zero-order valence-corrected chi connectivity index (χ0v) is 7.65. The number of hydrogen-bond donors (Lipinski definition) is 0. The van der Waals surface area contributed by atoms with Crippen molar-refractivity contribution in [2.45, 2.75) is 18.2 Å². The van der Waals surface area contributed by atoms with Crippen molar-refractivity contribution < 1.29 is 12.4 Å². The Kier molecular flexibility index (Phi) is 4.58. The number of hydrogen-bond acceptors (Lipinski definition) is 0. The first-order chi connectivity index (χ1) is 4.33. The van der Waals surface area contributed by atoms with E-state index in [0.29, 0.717) is 0 Å². The molecule has 0 aliphatic heterocycles. The van der Waals surface area contributed by atoms with Crippen LogP contribution in [0.5, 0.6) is 0 Å². The fourth-order valence-corrected chi connectivity index (χ4v) is 0.907. The van der Waals surface area contributed by atoms with Crippen LogP contribution >= 0.6 is 0 Å². The Morgan fingerprint density at radius 1 is 1.20 bits per heavy atom. The Balaban J connectivity index is 0.000000810. The number of halogens is 1. The molecule has 0 aliphatic rings. The van der Waals surface area contributed by atoms with E-state index in [1.54, 1.807) is 0 Å². The van der Waals surface area contributed by atoms with Crippen molar-refractivity contribution in [3.05, 3.63) is 29.8 Å². The third kappa shape index (κ3) is 2.63. The smallest absolute Gasteiger partial charge is 0.150 e. The summed E-state index contributed by atoms with van der Waals surface area (Å²) in [5.74, 6) is 0. The molecule has 1 rings (SSSR count). The van der Waals surface area contributed by atoms with Crippen LogP contribution in [0.3, 0.4) is 0 Å². The summed E-state index contributed by atoms with van der Waals surface area (Å²) in [4.78, 5) is 1.15. The van der Waals surface area contributed by atoms with Crippen LogP contribution in [0.4, 0.5) is 0 Å². The van der Waals surface area contributed by atoms with E-state index in [-0.39, 0.29) is 12.4 Å². The van der Waals surface area contributed by atoms with Crippen molar-refractivity contribution in [1.82, 2.24) is 0 Å². The van der Waals surface area contributed by atoms with Crippen LogP contribution in [0.25, 0.3) is 0 Å². The normalized spacial score (nSPS) is 8.60. The zero-order valence-electron chi connectivity index (χ0n) is 5.89. The highest BCUT2D eigenvalue weighted by molar-refractivity contribution is 7.58. The summed E-state index contributed by atoms with van der Waals surface area (Å²) in [7, 11) is 0. The molecule has 0 nitrogen and oxygen atoms in total. The Morgan fingerprint density at radius 3 is 2.10 bits per heavy atom. The second-order valence-electron chi connectivity index (χ2n) is 2.05. The highest BCUT2D eigenvalue weighted by Gasteiger charge is 1.89. The lowest BCUT2D eigenvalue weighted by Crippen LogP contribution is -3.00. The van der Waals surface area contributed by atoms with Gasteiger partial charge in [-0.3, -0.25) is 0 Å². The summed E-state index contributed by atoms with van der Waals surface area (Å²) in [5, 5.41) is 0. The van der Waals surface area contributed by atoms with Gasteiger partial charge in [0.25, 0.3) is 0 Å². The maximum absolute atomic E-state index is 3.42. The minimum absolute atomic E-state index is 0. The molecular weight excluding hydrogens is 164 g/mol. The molecule has 2 heteroatoms. The minimum atomic E-state index is 0. The van der Waals surface area contributed by atoms with Gasteiger partial charge in [-0.1, -0.05) is 19.1 Å². The third-order valence-corrected chi connectivity index (χ3v) is 1.70. The van der Waals surface area contributed by atoms with Crippen molar-refractivity contribution in [2.24, 2.45) is 0 Å². The van der Waals surface area contributed by atoms with Crippen LogP contribution in [-0.4, -0.2) is 0 Å². The fraction of sp³-hybridized carbons (Fsp3) is 0.250. The van der Waals surface area contributed by atoms with Crippen LogP contribution in [0.15, 0.2) is 29.2 Å². The lowest BCUT2D eigenvalue weighted by atomic mass is 10.2. The van der Waals surface area contributed by atoms with E-state index >= 15 is 0 Å². The highest BCUT2D eigenvalue weighted by Crippen LogP contribution is 2.02. The molecule has 0 bridgehead atoms. The zero-order chi connectivity index (χ0) is 6.69. The molecule has 0 saturated heterocycles. The van der Waals surface area contributed by atoms with Gasteiger partial charge >= 0.3 is 0 Å². The quantitative estimate of drug-likeness (QED) is 0.461. The molecule has 0 aromatic heterocycles. The molecule has 0 amide bonds. The van der Waals surface area contributed by atoms with Crippen LogP contribution in [-0.2, 0) is 19.0 Å².